The van der Waals surface area contributed by atoms with Crippen LogP contribution in [0.1, 0.15) is 72.1 Å². The first-order valence-corrected chi connectivity index (χ1v) is 11.2. The molecular weight excluding hydrogens is 352 g/mol. The summed E-state index contributed by atoms with van der Waals surface area (Å²) in [6, 6.07) is 0. The normalized spacial score (nSPS) is 45.9. The molecule has 0 aromatic rings. The first-order valence-electron chi connectivity index (χ1n) is 11.2. The van der Waals surface area contributed by atoms with Crippen LogP contribution < -0.4 is 0 Å². The van der Waals surface area contributed by atoms with Crippen LogP contribution in [-0.2, 0) is 14.3 Å². The molecule has 0 spiro atoms. The number of esters is 1. The number of ether oxygens (including phenoxy) is 1. The Hall–Kier alpha value is -1.32. The van der Waals surface area contributed by atoms with Gasteiger partial charge in [0.05, 0.1) is 13.0 Å². The molecule has 0 amide bonds. The lowest BCUT2D eigenvalue weighted by atomic mass is 9.45. The predicted octanol–water partition coefficient (Wildman–Crippen LogP) is 5.08. The molecule has 4 rings (SSSR count). The maximum Gasteiger partial charge on any atom is 0.333 e. The molecule has 0 aromatic heterocycles. The van der Waals surface area contributed by atoms with Crippen LogP contribution in [0.3, 0.4) is 0 Å². The highest BCUT2D eigenvalue weighted by atomic mass is 16.5. The van der Waals surface area contributed by atoms with Crippen LogP contribution >= 0.6 is 0 Å². The monoisotopic (exact) mass is 388 g/mol. The standard InChI is InChI=1S/C24H36O4/c1-14(21(25)26)18-7-8-19-17-6-5-16-13-15(22(27)28-4)9-11-23(16,2)20(17)10-12-24(18,19)3/h13-14,16-20H,5-12H2,1-4H3,(H,25,26)/t14-,16+,17+,18-,19+,20+,23+,24-/m1/s1. The summed E-state index contributed by atoms with van der Waals surface area (Å²) in [5.41, 5.74) is 1.34. The second-order valence-electron chi connectivity index (χ2n) is 10.6. The van der Waals surface area contributed by atoms with Crippen LogP contribution in [0.2, 0.25) is 0 Å². The summed E-state index contributed by atoms with van der Waals surface area (Å²) in [4.78, 5) is 23.7. The number of carboxylic acid groups (broad SMARTS) is 1. The van der Waals surface area contributed by atoms with Gasteiger partial charge in [-0.25, -0.2) is 4.79 Å². The average molecular weight is 389 g/mol. The van der Waals surface area contributed by atoms with Gasteiger partial charge in [0, 0.05) is 5.57 Å². The number of hydrogen-bond acceptors (Lipinski definition) is 3. The third kappa shape index (κ3) is 2.77. The maximum atomic E-state index is 12.0. The van der Waals surface area contributed by atoms with Crippen LogP contribution in [-0.4, -0.2) is 24.2 Å². The summed E-state index contributed by atoms with van der Waals surface area (Å²) < 4.78 is 4.98. The van der Waals surface area contributed by atoms with E-state index in [1.807, 2.05) is 6.92 Å². The van der Waals surface area contributed by atoms with Gasteiger partial charge in [0.1, 0.15) is 0 Å². The van der Waals surface area contributed by atoms with Crippen LogP contribution in [0, 0.1) is 46.3 Å². The molecule has 3 fully saturated rings. The SMILES string of the molecule is COC(=O)C1=C[C@@H]2CC[C@@H]3[C@H](CC[C@]4(C)[C@@H]([C@@H](C)C(=O)O)CC[C@@H]34)[C@@]2(C)CC1. The van der Waals surface area contributed by atoms with Gasteiger partial charge in [0.15, 0.2) is 0 Å². The third-order valence-electron chi connectivity index (χ3n) is 9.79. The highest BCUT2D eigenvalue weighted by Crippen LogP contribution is 2.67. The van der Waals surface area contributed by atoms with E-state index in [0.29, 0.717) is 23.7 Å². The van der Waals surface area contributed by atoms with Crippen LogP contribution in [0.15, 0.2) is 11.6 Å². The quantitative estimate of drug-likeness (QED) is 0.685. The van der Waals surface area contributed by atoms with Crippen molar-refractivity contribution in [3.05, 3.63) is 11.6 Å². The summed E-state index contributed by atoms with van der Waals surface area (Å²) >= 11 is 0. The molecule has 0 bridgehead atoms. The highest BCUT2D eigenvalue weighted by Gasteiger charge is 2.60. The zero-order chi connectivity index (χ0) is 20.3. The summed E-state index contributed by atoms with van der Waals surface area (Å²) in [5.74, 6) is 1.88. The van der Waals surface area contributed by atoms with E-state index in [1.54, 1.807) is 0 Å². The van der Waals surface area contributed by atoms with Gasteiger partial charge in [-0.1, -0.05) is 26.8 Å². The van der Waals surface area contributed by atoms with Crippen LogP contribution in [0.25, 0.3) is 0 Å². The molecule has 8 atom stereocenters. The fourth-order valence-electron chi connectivity index (χ4n) is 8.20. The topological polar surface area (TPSA) is 63.6 Å². The molecule has 3 saturated carbocycles. The van der Waals surface area contributed by atoms with Gasteiger partial charge in [-0.15, -0.1) is 0 Å². The third-order valence-corrected chi connectivity index (χ3v) is 9.79. The summed E-state index contributed by atoms with van der Waals surface area (Å²) in [5, 5.41) is 9.62. The number of rotatable bonds is 3. The zero-order valence-corrected chi connectivity index (χ0v) is 17.9. The van der Waals surface area contributed by atoms with Crippen LogP contribution in [0.4, 0.5) is 0 Å². The number of fused-ring (bicyclic) bond motifs is 5. The average Bonchev–Trinajstić information content (AvgIpc) is 3.03. The zero-order valence-electron chi connectivity index (χ0n) is 17.9. The van der Waals surface area contributed by atoms with Crippen molar-refractivity contribution in [2.75, 3.05) is 7.11 Å². The molecule has 0 aromatic carbocycles. The van der Waals surface area contributed by atoms with Crippen molar-refractivity contribution >= 4 is 11.9 Å². The maximum absolute atomic E-state index is 12.0. The van der Waals surface area contributed by atoms with Gasteiger partial charge >= 0.3 is 11.9 Å². The van der Waals surface area contributed by atoms with Gasteiger partial charge in [0.25, 0.3) is 0 Å². The second-order valence-corrected chi connectivity index (χ2v) is 10.6. The Labute approximate surface area is 169 Å². The van der Waals surface area contributed by atoms with Crippen molar-refractivity contribution < 1.29 is 19.4 Å². The fourth-order valence-corrected chi connectivity index (χ4v) is 8.20. The lowest BCUT2D eigenvalue weighted by Gasteiger charge is -2.60. The molecule has 4 nitrogen and oxygen atoms in total. The molecule has 0 radical (unpaired) electrons. The van der Waals surface area contributed by atoms with Crippen molar-refractivity contribution in [1.82, 2.24) is 0 Å². The van der Waals surface area contributed by atoms with E-state index in [0.717, 1.165) is 43.6 Å². The number of carbonyl (C=O) groups excluding carboxylic acids is 1. The Morgan fingerprint density at radius 2 is 1.79 bits per heavy atom. The van der Waals surface area contributed by atoms with E-state index in [9.17, 15) is 14.7 Å². The number of carbonyl (C=O) groups is 2. The summed E-state index contributed by atoms with van der Waals surface area (Å²) in [7, 11) is 1.48. The van der Waals surface area contributed by atoms with Gasteiger partial charge in [-0.05, 0) is 91.8 Å². The van der Waals surface area contributed by atoms with Crippen molar-refractivity contribution in [1.29, 1.82) is 0 Å². The van der Waals surface area contributed by atoms with Gasteiger partial charge < -0.3 is 9.84 Å². The molecule has 28 heavy (non-hydrogen) atoms. The Morgan fingerprint density at radius 3 is 2.46 bits per heavy atom. The van der Waals surface area contributed by atoms with Crippen LogP contribution in [0.5, 0.6) is 0 Å². The Bertz CT molecular complexity index is 697. The Kier molecular flexibility index (Phi) is 4.91. The molecule has 0 unspecified atom stereocenters. The van der Waals surface area contributed by atoms with E-state index in [1.165, 1.54) is 26.4 Å². The Balaban J connectivity index is 1.58. The lowest BCUT2D eigenvalue weighted by Crippen LogP contribution is -2.53. The lowest BCUT2D eigenvalue weighted by molar-refractivity contribution is -0.147. The molecule has 4 heteroatoms. The minimum atomic E-state index is -0.627. The molecular formula is C24H36O4. The summed E-state index contributed by atoms with van der Waals surface area (Å²) in [6.45, 7) is 6.79. The van der Waals surface area contributed by atoms with Gasteiger partial charge in [-0.2, -0.15) is 0 Å². The number of allylic oxidation sites excluding steroid dienone is 1. The van der Waals surface area contributed by atoms with E-state index in [2.05, 4.69) is 19.9 Å². The highest BCUT2D eigenvalue weighted by molar-refractivity contribution is 5.88. The van der Waals surface area contributed by atoms with Gasteiger partial charge in [-0.3, -0.25) is 4.79 Å². The molecule has 0 aliphatic heterocycles. The van der Waals surface area contributed by atoms with Crippen molar-refractivity contribution in [3.8, 4) is 0 Å². The summed E-state index contributed by atoms with van der Waals surface area (Å²) in [6.07, 6.45) is 11.2. The Morgan fingerprint density at radius 1 is 1.07 bits per heavy atom. The minimum absolute atomic E-state index is 0.151. The largest absolute Gasteiger partial charge is 0.481 e. The molecule has 1 N–H and O–H groups in total. The van der Waals surface area contributed by atoms with E-state index >= 15 is 0 Å². The molecule has 0 heterocycles. The number of methoxy groups -OCH3 is 1. The minimum Gasteiger partial charge on any atom is -0.481 e. The predicted molar refractivity (Wildman–Crippen MR) is 107 cm³/mol. The number of hydrogen-bond donors (Lipinski definition) is 1. The first-order chi connectivity index (χ1) is 13.2. The smallest absolute Gasteiger partial charge is 0.333 e. The molecule has 0 saturated heterocycles. The van der Waals surface area contributed by atoms with E-state index in [4.69, 9.17) is 4.74 Å². The number of carboxylic acids is 1. The molecule has 4 aliphatic rings. The molecule has 4 aliphatic carbocycles. The van der Waals surface area contributed by atoms with Crippen molar-refractivity contribution in [3.63, 3.8) is 0 Å². The van der Waals surface area contributed by atoms with E-state index < -0.39 is 5.97 Å². The molecule has 156 valence electrons. The number of aliphatic carboxylic acids is 1. The van der Waals surface area contributed by atoms with Gasteiger partial charge in [0.2, 0.25) is 0 Å². The van der Waals surface area contributed by atoms with E-state index in [-0.39, 0.29) is 22.7 Å². The second kappa shape index (κ2) is 6.88. The van der Waals surface area contributed by atoms with Crippen molar-refractivity contribution in [2.24, 2.45) is 46.3 Å². The first kappa shape index (κ1) is 20.0. The fraction of sp³-hybridized carbons (Fsp3) is 0.833. The van der Waals surface area contributed by atoms with Crippen molar-refractivity contribution in [2.45, 2.75) is 72.1 Å².